The van der Waals surface area contributed by atoms with Gasteiger partial charge in [-0.3, -0.25) is 4.79 Å². The maximum absolute atomic E-state index is 11.9. The highest BCUT2D eigenvalue weighted by molar-refractivity contribution is 6.42. The van der Waals surface area contributed by atoms with Crippen molar-refractivity contribution in [1.29, 1.82) is 0 Å². The van der Waals surface area contributed by atoms with Crippen LogP contribution < -0.4 is 5.32 Å². The number of aliphatic carboxylic acids is 1. The van der Waals surface area contributed by atoms with Gasteiger partial charge in [0.2, 0.25) is 0 Å². The highest BCUT2D eigenvalue weighted by Crippen LogP contribution is 2.22. The van der Waals surface area contributed by atoms with Crippen LogP contribution >= 0.6 is 23.2 Å². The third-order valence-electron chi connectivity index (χ3n) is 2.40. The Balaban J connectivity index is 2.87. The molecule has 1 rings (SSSR count). The van der Waals surface area contributed by atoms with Crippen molar-refractivity contribution in [2.24, 2.45) is 5.92 Å². The lowest BCUT2D eigenvalue weighted by Crippen LogP contribution is -2.44. The summed E-state index contributed by atoms with van der Waals surface area (Å²) in [6, 6.07) is 3.44. The summed E-state index contributed by atoms with van der Waals surface area (Å²) in [7, 11) is 0. The topological polar surface area (TPSA) is 66.4 Å². The van der Waals surface area contributed by atoms with Crippen LogP contribution in [0.2, 0.25) is 10.0 Å². The molecule has 0 saturated carbocycles. The van der Waals surface area contributed by atoms with Gasteiger partial charge in [0, 0.05) is 5.56 Å². The fourth-order valence-corrected chi connectivity index (χ4v) is 1.67. The molecule has 18 heavy (non-hydrogen) atoms. The van der Waals surface area contributed by atoms with Crippen LogP contribution in [-0.2, 0) is 4.79 Å². The summed E-state index contributed by atoms with van der Waals surface area (Å²) in [6.07, 6.45) is 0. The normalized spacial score (nSPS) is 12.3. The molecule has 1 amide bonds. The standard InChI is InChI=1S/C12H13Cl2NO3/c1-6(2)10(12(17)18)15-11(16)7-3-4-8(13)9(14)5-7/h3-6,10H,1-2H3,(H,15,16)(H,17,18)/t10-/m0/s1. The number of halogens is 2. The first kappa shape index (κ1) is 14.8. The summed E-state index contributed by atoms with van der Waals surface area (Å²) in [5, 5.41) is 12.0. The average molecular weight is 290 g/mol. The van der Waals surface area contributed by atoms with Crippen molar-refractivity contribution in [3.63, 3.8) is 0 Å². The predicted molar refractivity (Wildman–Crippen MR) is 70.2 cm³/mol. The largest absolute Gasteiger partial charge is 0.480 e. The first-order valence-corrected chi connectivity index (χ1v) is 6.07. The predicted octanol–water partition coefficient (Wildman–Crippen LogP) is 2.83. The van der Waals surface area contributed by atoms with Gasteiger partial charge in [0.25, 0.3) is 5.91 Å². The van der Waals surface area contributed by atoms with Crippen LogP contribution in [0.4, 0.5) is 0 Å². The second kappa shape index (κ2) is 6.07. The molecule has 0 radical (unpaired) electrons. The van der Waals surface area contributed by atoms with Gasteiger partial charge in [-0.15, -0.1) is 0 Å². The van der Waals surface area contributed by atoms with Crippen molar-refractivity contribution in [3.05, 3.63) is 33.8 Å². The van der Waals surface area contributed by atoms with E-state index < -0.39 is 17.9 Å². The van der Waals surface area contributed by atoms with E-state index in [1.165, 1.54) is 18.2 Å². The number of nitrogens with one attached hydrogen (secondary N) is 1. The fourth-order valence-electron chi connectivity index (χ4n) is 1.38. The summed E-state index contributed by atoms with van der Waals surface area (Å²) in [4.78, 5) is 22.8. The maximum atomic E-state index is 11.9. The van der Waals surface area contributed by atoms with Crippen molar-refractivity contribution in [2.45, 2.75) is 19.9 Å². The quantitative estimate of drug-likeness (QED) is 0.896. The number of carbonyl (C=O) groups excluding carboxylic acids is 1. The molecule has 6 heteroatoms. The van der Waals surface area contributed by atoms with Crippen LogP contribution in [0.3, 0.4) is 0 Å². The molecule has 1 atom stereocenters. The second-order valence-corrected chi connectivity index (χ2v) is 4.98. The van der Waals surface area contributed by atoms with Gasteiger partial charge in [-0.25, -0.2) is 4.79 Å². The van der Waals surface area contributed by atoms with E-state index in [0.717, 1.165) is 0 Å². The van der Waals surface area contributed by atoms with E-state index >= 15 is 0 Å². The van der Waals surface area contributed by atoms with Gasteiger partial charge in [-0.05, 0) is 24.1 Å². The minimum Gasteiger partial charge on any atom is -0.480 e. The lowest BCUT2D eigenvalue weighted by molar-refractivity contribution is -0.140. The molecule has 1 aromatic carbocycles. The molecular formula is C12H13Cl2NO3. The number of rotatable bonds is 4. The highest BCUT2D eigenvalue weighted by Gasteiger charge is 2.24. The van der Waals surface area contributed by atoms with Crippen molar-refractivity contribution in [1.82, 2.24) is 5.32 Å². The molecule has 0 saturated heterocycles. The number of carboxylic acid groups (broad SMARTS) is 1. The van der Waals surface area contributed by atoms with E-state index in [1.54, 1.807) is 13.8 Å². The molecule has 0 aromatic heterocycles. The van der Waals surface area contributed by atoms with Gasteiger partial charge in [-0.2, -0.15) is 0 Å². The SMILES string of the molecule is CC(C)[C@H](NC(=O)c1ccc(Cl)c(Cl)c1)C(=O)O. The molecule has 2 N–H and O–H groups in total. The molecular weight excluding hydrogens is 277 g/mol. The minimum absolute atomic E-state index is 0.214. The smallest absolute Gasteiger partial charge is 0.326 e. The van der Waals surface area contributed by atoms with Crippen molar-refractivity contribution in [3.8, 4) is 0 Å². The van der Waals surface area contributed by atoms with Gasteiger partial charge >= 0.3 is 5.97 Å². The van der Waals surface area contributed by atoms with Crippen molar-refractivity contribution in [2.75, 3.05) is 0 Å². The van der Waals surface area contributed by atoms with Gasteiger partial charge in [0.05, 0.1) is 10.0 Å². The second-order valence-electron chi connectivity index (χ2n) is 4.16. The third-order valence-corrected chi connectivity index (χ3v) is 3.14. The summed E-state index contributed by atoms with van der Waals surface area (Å²) >= 11 is 11.5. The summed E-state index contributed by atoms with van der Waals surface area (Å²) in [5.74, 6) is -1.78. The first-order chi connectivity index (χ1) is 8.32. The molecule has 4 nitrogen and oxygen atoms in total. The molecule has 0 aliphatic heterocycles. The maximum Gasteiger partial charge on any atom is 0.326 e. The molecule has 0 aliphatic rings. The molecule has 0 unspecified atom stereocenters. The fraction of sp³-hybridized carbons (Fsp3) is 0.333. The Labute approximate surface area is 115 Å². The van der Waals surface area contributed by atoms with E-state index in [9.17, 15) is 9.59 Å². The van der Waals surface area contributed by atoms with Crippen molar-refractivity contribution >= 4 is 35.1 Å². The number of hydrogen-bond acceptors (Lipinski definition) is 2. The van der Waals surface area contributed by atoms with E-state index in [0.29, 0.717) is 5.02 Å². The highest BCUT2D eigenvalue weighted by atomic mass is 35.5. The number of carboxylic acids is 1. The number of benzene rings is 1. The Bertz CT molecular complexity index is 474. The van der Waals surface area contributed by atoms with Crippen LogP contribution in [-0.4, -0.2) is 23.0 Å². The van der Waals surface area contributed by atoms with Crippen LogP contribution in [0.25, 0.3) is 0 Å². The van der Waals surface area contributed by atoms with E-state index in [4.69, 9.17) is 28.3 Å². The van der Waals surface area contributed by atoms with E-state index in [2.05, 4.69) is 5.32 Å². The van der Waals surface area contributed by atoms with Crippen LogP contribution in [0.15, 0.2) is 18.2 Å². The number of carbonyl (C=O) groups is 2. The Hall–Kier alpha value is -1.26. The Kier molecular flexibility index (Phi) is 4.99. The van der Waals surface area contributed by atoms with Crippen molar-refractivity contribution < 1.29 is 14.7 Å². The monoisotopic (exact) mass is 289 g/mol. The molecule has 0 aliphatic carbocycles. The van der Waals surface area contributed by atoms with E-state index in [1.807, 2.05) is 0 Å². The summed E-state index contributed by atoms with van der Waals surface area (Å²) in [5.41, 5.74) is 0.274. The van der Waals surface area contributed by atoms with Crippen LogP contribution in [0, 0.1) is 5.92 Å². The summed E-state index contributed by atoms with van der Waals surface area (Å²) in [6.45, 7) is 3.43. The molecule has 0 heterocycles. The van der Waals surface area contributed by atoms with Gasteiger partial charge in [0.15, 0.2) is 0 Å². The first-order valence-electron chi connectivity index (χ1n) is 5.31. The third kappa shape index (κ3) is 3.62. The molecule has 0 fully saturated rings. The Morgan fingerprint density at radius 3 is 2.28 bits per heavy atom. The molecule has 0 bridgehead atoms. The average Bonchev–Trinajstić information content (AvgIpc) is 2.28. The Morgan fingerprint density at radius 2 is 1.83 bits per heavy atom. The molecule has 0 spiro atoms. The molecule has 1 aromatic rings. The van der Waals surface area contributed by atoms with Crippen LogP contribution in [0.5, 0.6) is 0 Å². The van der Waals surface area contributed by atoms with Gasteiger partial charge in [0.1, 0.15) is 6.04 Å². The summed E-state index contributed by atoms with van der Waals surface area (Å²) < 4.78 is 0. The number of hydrogen-bond donors (Lipinski definition) is 2. The zero-order valence-electron chi connectivity index (χ0n) is 9.91. The van der Waals surface area contributed by atoms with Gasteiger partial charge < -0.3 is 10.4 Å². The zero-order chi connectivity index (χ0) is 13.9. The lowest BCUT2D eigenvalue weighted by atomic mass is 10.0. The van der Waals surface area contributed by atoms with Crippen LogP contribution in [0.1, 0.15) is 24.2 Å². The minimum atomic E-state index is -1.07. The van der Waals surface area contributed by atoms with Gasteiger partial charge in [-0.1, -0.05) is 37.0 Å². The molecule has 98 valence electrons. The zero-order valence-corrected chi connectivity index (χ0v) is 11.4. The lowest BCUT2D eigenvalue weighted by Gasteiger charge is -2.17. The van der Waals surface area contributed by atoms with E-state index in [-0.39, 0.29) is 16.5 Å². The number of amides is 1. The Morgan fingerprint density at radius 1 is 1.22 bits per heavy atom.